The van der Waals surface area contributed by atoms with E-state index in [0.717, 1.165) is 19.3 Å². The highest BCUT2D eigenvalue weighted by atomic mass is 16.2. The molecule has 6 N–H and O–H groups in total. The molecule has 276 valence electrons. The summed E-state index contributed by atoms with van der Waals surface area (Å²) < 4.78 is 0. The molecule has 15 heteroatoms. The molecule has 6 atom stereocenters. The molecule has 49 heavy (non-hydrogen) atoms. The number of aromatic amines is 1. The van der Waals surface area contributed by atoms with Gasteiger partial charge in [-0.3, -0.25) is 28.8 Å². The minimum absolute atomic E-state index is 0.00598. The van der Waals surface area contributed by atoms with Crippen molar-refractivity contribution in [2.45, 2.75) is 143 Å². The number of hydrogen-bond donors (Lipinski definition) is 6. The predicted molar refractivity (Wildman–Crippen MR) is 183 cm³/mol. The van der Waals surface area contributed by atoms with Crippen LogP contribution in [0.4, 0.5) is 0 Å². The Balaban J connectivity index is 1.90. The fraction of sp³-hybridized carbons (Fsp3) is 0.794. The molecule has 0 bridgehead atoms. The number of aryl methyl sites for hydroxylation is 1. The van der Waals surface area contributed by atoms with Crippen molar-refractivity contribution in [2.24, 2.45) is 23.7 Å². The Morgan fingerprint density at radius 2 is 1.49 bits per heavy atom. The van der Waals surface area contributed by atoms with Crippen LogP contribution in [0.2, 0.25) is 0 Å². The maximum absolute atomic E-state index is 13.4. The maximum atomic E-state index is 13.4. The van der Waals surface area contributed by atoms with E-state index in [0.29, 0.717) is 50.9 Å². The van der Waals surface area contributed by atoms with Crippen molar-refractivity contribution in [3.63, 3.8) is 0 Å². The standard InChI is InChI=1S/C34H59N9O6/c1-8-13-25(31(46)34(49)36-22(7)9-2)37-28(45)18-23-14-12-15-24(23)19-35-32(47)29(20(3)4)39-33(48)30(21(5)6)38-27(44)17-11-10-16-26-40-42-43-41-26/h20-25,29-30H,8-19H2,1-7H3,(H,35,47)(H,36,49)(H,37,45)(H,38,44)(H,39,48)(H,40,41,42,43)/t22-,23-,24+,25?,29+,30-/m1/s1. The molecule has 1 aromatic heterocycles. The zero-order valence-corrected chi connectivity index (χ0v) is 30.4. The quantitative estimate of drug-likeness (QED) is 0.0773. The van der Waals surface area contributed by atoms with Crippen LogP contribution in [0.3, 0.4) is 0 Å². The van der Waals surface area contributed by atoms with E-state index >= 15 is 0 Å². The van der Waals surface area contributed by atoms with Crippen LogP contribution < -0.4 is 26.6 Å². The number of hydrogen-bond acceptors (Lipinski definition) is 9. The molecule has 0 radical (unpaired) electrons. The van der Waals surface area contributed by atoms with Crippen molar-refractivity contribution in [1.29, 1.82) is 0 Å². The van der Waals surface area contributed by atoms with Crippen LogP contribution in [-0.4, -0.2) is 86.7 Å². The highest BCUT2D eigenvalue weighted by Gasteiger charge is 2.34. The minimum Gasteiger partial charge on any atom is -0.354 e. The molecule has 1 unspecified atom stereocenters. The number of nitrogens with zero attached hydrogens (tertiary/aromatic N) is 3. The molecule has 0 spiro atoms. The first-order chi connectivity index (χ1) is 23.3. The van der Waals surface area contributed by atoms with E-state index in [2.05, 4.69) is 47.2 Å². The maximum Gasteiger partial charge on any atom is 0.289 e. The third kappa shape index (κ3) is 14.2. The van der Waals surface area contributed by atoms with Crippen LogP contribution in [0.1, 0.15) is 118 Å². The fourth-order valence-electron chi connectivity index (χ4n) is 6.01. The number of amides is 5. The summed E-state index contributed by atoms with van der Waals surface area (Å²) in [6, 6.07) is -2.63. The average molecular weight is 690 g/mol. The van der Waals surface area contributed by atoms with Crippen molar-refractivity contribution in [1.82, 2.24) is 47.2 Å². The summed E-state index contributed by atoms with van der Waals surface area (Å²) in [5, 5.41) is 27.8. The Labute approximate surface area is 290 Å². The van der Waals surface area contributed by atoms with Crippen LogP contribution >= 0.6 is 0 Å². The summed E-state index contributed by atoms with van der Waals surface area (Å²) in [6.07, 6.45) is 6.57. The number of nitrogens with one attached hydrogen (secondary N) is 6. The Morgan fingerprint density at radius 1 is 0.816 bits per heavy atom. The summed E-state index contributed by atoms with van der Waals surface area (Å²) in [4.78, 5) is 77.6. The Hall–Kier alpha value is -3.91. The SMILES string of the molecule is CCCC(NC(=O)C[C@H]1CCC[C@H]1CNC(=O)[C@@H](NC(=O)[C@H](NC(=O)CCCCc1nn[nH]n1)C(C)C)C(C)C)C(=O)C(=O)N[C@H](C)CC. The lowest BCUT2D eigenvalue weighted by molar-refractivity contribution is -0.140. The molecule has 0 aromatic carbocycles. The molecule has 0 aliphatic heterocycles. The number of Topliss-reactive ketones (excluding diaryl/α,β-unsaturated/α-hetero) is 1. The van der Waals surface area contributed by atoms with Gasteiger partial charge in [-0.25, -0.2) is 0 Å². The smallest absolute Gasteiger partial charge is 0.289 e. The molecule has 5 amide bonds. The first kappa shape index (κ1) is 41.3. The number of ketones is 1. The number of unbranched alkanes of at least 4 members (excludes halogenated alkanes) is 1. The van der Waals surface area contributed by atoms with Gasteiger partial charge < -0.3 is 26.6 Å². The first-order valence-electron chi connectivity index (χ1n) is 18.0. The normalized spacial score (nSPS) is 18.3. The van der Waals surface area contributed by atoms with Gasteiger partial charge in [-0.2, -0.15) is 5.21 Å². The zero-order valence-electron chi connectivity index (χ0n) is 30.4. The van der Waals surface area contributed by atoms with Gasteiger partial charge in [0.2, 0.25) is 29.4 Å². The summed E-state index contributed by atoms with van der Waals surface area (Å²) in [7, 11) is 0. The summed E-state index contributed by atoms with van der Waals surface area (Å²) >= 11 is 0. The molecule has 1 heterocycles. The third-order valence-corrected chi connectivity index (χ3v) is 9.20. The summed E-state index contributed by atoms with van der Waals surface area (Å²) in [6.45, 7) is 13.3. The molecule has 0 saturated heterocycles. The Bertz CT molecular complexity index is 1220. The second-order valence-electron chi connectivity index (χ2n) is 14.0. The van der Waals surface area contributed by atoms with E-state index in [9.17, 15) is 28.8 Å². The second kappa shape index (κ2) is 21.2. The molecule has 1 aromatic rings. The van der Waals surface area contributed by atoms with Crippen LogP contribution in [0.5, 0.6) is 0 Å². The van der Waals surface area contributed by atoms with Gasteiger partial charge in [0.1, 0.15) is 12.1 Å². The fourth-order valence-corrected chi connectivity index (χ4v) is 6.01. The lowest BCUT2D eigenvalue weighted by Crippen LogP contribution is -2.57. The highest BCUT2D eigenvalue weighted by molar-refractivity contribution is 6.38. The van der Waals surface area contributed by atoms with Crippen molar-refractivity contribution < 1.29 is 28.8 Å². The Kier molecular flexibility index (Phi) is 17.9. The molecule has 1 aliphatic carbocycles. The van der Waals surface area contributed by atoms with Crippen molar-refractivity contribution in [3.05, 3.63) is 5.82 Å². The van der Waals surface area contributed by atoms with E-state index in [1.165, 1.54) is 0 Å². The zero-order chi connectivity index (χ0) is 36.5. The minimum atomic E-state index is -0.876. The summed E-state index contributed by atoms with van der Waals surface area (Å²) in [5.74, 6) is -2.37. The number of tetrazole rings is 1. The van der Waals surface area contributed by atoms with Crippen molar-refractivity contribution >= 4 is 35.3 Å². The van der Waals surface area contributed by atoms with Gasteiger partial charge in [-0.05, 0) is 69.1 Å². The lowest BCUT2D eigenvalue weighted by Gasteiger charge is -2.28. The van der Waals surface area contributed by atoms with Crippen molar-refractivity contribution in [3.8, 4) is 0 Å². The van der Waals surface area contributed by atoms with Gasteiger partial charge >= 0.3 is 0 Å². The van der Waals surface area contributed by atoms with E-state index < -0.39 is 35.7 Å². The van der Waals surface area contributed by atoms with Gasteiger partial charge in [0.25, 0.3) is 5.91 Å². The van der Waals surface area contributed by atoms with Crippen LogP contribution in [0, 0.1) is 23.7 Å². The first-order valence-corrected chi connectivity index (χ1v) is 18.0. The molecule has 1 fully saturated rings. The van der Waals surface area contributed by atoms with Crippen LogP contribution in [0.25, 0.3) is 0 Å². The number of H-pyrrole nitrogens is 1. The lowest BCUT2D eigenvalue weighted by atomic mass is 9.91. The van der Waals surface area contributed by atoms with E-state index in [1.807, 2.05) is 48.5 Å². The number of carbonyl (C=O) groups excluding carboxylic acids is 6. The van der Waals surface area contributed by atoms with Gasteiger partial charge in [0.15, 0.2) is 5.82 Å². The number of rotatable bonds is 22. The number of carbonyl (C=O) groups is 6. The van der Waals surface area contributed by atoms with Gasteiger partial charge in [-0.15, -0.1) is 10.2 Å². The topological polar surface area (TPSA) is 217 Å². The van der Waals surface area contributed by atoms with E-state index in [4.69, 9.17) is 0 Å². The summed E-state index contributed by atoms with van der Waals surface area (Å²) in [5.41, 5.74) is 0. The molecule has 1 aliphatic rings. The average Bonchev–Trinajstić information content (AvgIpc) is 3.74. The molecular weight excluding hydrogens is 630 g/mol. The van der Waals surface area contributed by atoms with E-state index in [-0.39, 0.29) is 60.3 Å². The molecule has 2 rings (SSSR count). The van der Waals surface area contributed by atoms with Gasteiger partial charge in [0.05, 0.1) is 6.04 Å². The van der Waals surface area contributed by atoms with Crippen LogP contribution in [0.15, 0.2) is 0 Å². The molecule has 15 nitrogen and oxygen atoms in total. The monoisotopic (exact) mass is 689 g/mol. The van der Waals surface area contributed by atoms with Gasteiger partial charge in [-0.1, -0.05) is 59.6 Å². The van der Waals surface area contributed by atoms with Gasteiger partial charge in [0, 0.05) is 31.8 Å². The Morgan fingerprint density at radius 3 is 2.10 bits per heavy atom. The predicted octanol–water partition coefficient (Wildman–Crippen LogP) is 1.89. The third-order valence-electron chi connectivity index (χ3n) is 9.20. The van der Waals surface area contributed by atoms with E-state index in [1.54, 1.807) is 0 Å². The number of aromatic nitrogens is 4. The van der Waals surface area contributed by atoms with Crippen molar-refractivity contribution in [2.75, 3.05) is 6.54 Å². The second-order valence-corrected chi connectivity index (χ2v) is 14.0. The molecular formula is C34H59N9O6. The highest BCUT2D eigenvalue weighted by Crippen LogP contribution is 2.33. The molecule has 1 saturated carbocycles. The largest absolute Gasteiger partial charge is 0.354 e. The van der Waals surface area contributed by atoms with Crippen LogP contribution in [-0.2, 0) is 35.2 Å².